The average molecular weight is 339 g/mol. The largest absolute Gasteiger partial charge is 0.430 e. The number of carbonyl (C=O) groups is 2. The lowest BCUT2D eigenvalue weighted by molar-refractivity contribution is -0.376. The summed E-state index contributed by atoms with van der Waals surface area (Å²) in [4.78, 5) is 23.3. The summed E-state index contributed by atoms with van der Waals surface area (Å²) in [7, 11) is 0. The van der Waals surface area contributed by atoms with Crippen molar-refractivity contribution in [3.63, 3.8) is 0 Å². The zero-order valence-corrected chi connectivity index (χ0v) is 10.9. The maximum absolute atomic E-state index is 12.7. The van der Waals surface area contributed by atoms with Gasteiger partial charge < -0.3 is 5.11 Å². The number of anilines is 1. The van der Waals surface area contributed by atoms with Crippen molar-refractivity contribution in [2.75, 3.05) is 4.90 Å². The van der Waals surface area contributed by atoms with Crippen molar-refractivity contribution in [1.82, 2.24) is 0 Å². The normalized spacial score (nSPS) is 16.4. The van der Waals surface area contributed by atoms with Crippen molar-refractivity contribution >= 4 is 17.5 Å². The van der Waals surface area contributed by atoms with Crippen molar-refractivity contribution < 1.29 is 41.0 Å². The standard InChI is InChI=1S/C13H7F6NO3/c14-12(15,16)11(23,13(17,18)19)7-1-3-8(4-2-7)20-9(21)5-6-10(20)22/h1-6,23H. The van der Waals surface area contributed by atoms with Gasteiger partial charge in [0.1, 0.15) is 0 Å². The number of amides is 2. The fourth-order valence-corrected chi connectivity index (χ4v) is 1.99. The molecule has 0 saturated carbocycles. The molecule has 0 bridgehead atoms. The average Bonchev–Trinajstić information content (AvgIpc) is 2.75. The summed E-state index contributed by atoms with van der Waals surface area (Å²) in [6, 6.07) is 2.13. The molecular weight excluding hydrogens is 332 g/mol. The molecule has 1 aromatic carbocycles. The molecule has 1 heterocycles. The Morgan fingerprint density at radius 1 is 0.783 bits per heavy atom. The summed E-state index contributed by atoms with van der Waals surface area (Å²) < 4.78 is 76.3. The number of imide groups is 1. The highest BCUT2D eigenvalue weighted by atomic mass is 19.4. The first-order valence-corrected chi connectivity index (χ1v) is 5.92. The first-order valence-electron chi connectivity index (χ1n) is 5.92. The molecule has 0 aliphatic carbocycles. The third kappa shape index (κ3) is 2.58. The van der Waals surface area contributed by atoms with Crippen molar-refractivity contribution in [2.45, 2.75) is 18.0 Å². The molecule has 1 aliphatic heterocycles. The van der Waals surface area contributed by atoms with E-state index in [0.29, 0.717) is 29.2 Å². The molecule has 0 aromatic heterocycles. The highest BCUT2D eigenvalue weighted by Gasteiger charge is 2.71. The number of benzene rings is 1. The summed E-state index contributed by atoms with van der Waals surface area (Å²) in [6.45, 7) is 0. The lowest BCUT2D eigenvalue weighted by atomic mass is 9.92. The molecule has 1 aromatic rings. The predicted molar refractivity (Wildman–Crippen MR) is 64.1 cm³/mol. The Morgan fingerprint density at radius 3 is 1.52 bits per heavy atom. The molecular formula is C13H7F6NO3. The van der Waals surface area contributed by atoms with Crippen molar-refractivity contribution in [3.8, 4) is 0 Å². The number of nitrogens with zero attached hydrogens (tertiary/aromatic N) is 1. The van der Waals surface area contributed by atoms with Gasteiger partial charge in [-0.3, -0.25) is 9.59 Å². The Kier molecular flexibility index (Phi) is 3.76. The van der Waals surface area contributed by atoms with Gasteiger partial charge in [-0.1, -0.05) is 12.1 Å². The van der Waals surface area contributed by atoms with Crippen LogP contribution < -0.4 is 4.90 Å². The fourth-order valence-electron chi connectivity index (χ4n) is 1.99. The molecule has 2 amide bonds. The van der Waals surface area contributed by atoms with E-state index < -0.39 is 35.3 Å². The van der Waals surface area contributed by atoms with E-state index in [1.165, 1.54) is 0 Å². The van der Waals surface area contributed by atoms with E-state index in [2.05, 4.69) is 0 Å². The molecule has 0 atom stereocenters. The number of rotatable bonds is 2. The molecule has 0 radical (unpaired) electrons. The Bertz CT molecular complexity index is 642. The molecule has 0 fully saturated rings. The number of carbonyl (C=O) groups excluding carboxylic acids is 2. The minimum absolute atomic E-state index is 0.222. The second kappa shape index (κ2) is 5.08. The van der Waals surface area contributed by atoms with E-state index in [4.69, 9.17) is 0 Å². The second-order valence-corrected chi connectivity index (χ2v) is 4.60. The Hall–Kier alpha value is -2.36. The lowest BCUT2D eigenvalue weighted by Crippen LogP contribution is -2.53. The third-order valence-corrected chi connectivity index (χ3v) is 3.17. The van der Waals surface area contributed by atoms with E-state index in [0.717, 1.165) is 12.2 Å². The first kappa shape index (κ1) is 17.0. The van der Waals surface area contributed by atoms with Gasteiger partial charge >= 0.3 is 12.4 Å². The zero-order valence-electron chi connectivity index (χ0n) is 10.9. The molecule has 0 unspecified atom stereocenters. The van der Waals surface area contributed by atoms with Crippen LogP contribution in [0.1, 0.15) is 5.56 Å². The van der Waals surface area contributed by atoms with Gasteiger partial charge in [-0.25, -0.2) is 4.90 Å². The highest BCUT2D eigenvalue weighted by Crippen LogP contribution is 2.50. The van der Waals surface area contributed by atoms with Gasteiger partial charge in [0.2, 0.25) is 0 Å². The van der Waals surface area contributed by atoms with Crippen molar-refractivity contribution in [3.05, 3.63) is 42.0 Å². The molecule has 4 nitrogen and oxygen atoms in total. The summed E-state index contributed by atoms with van der Waals surface area (Å²) in [5.74, 6) is -1.57. The summed E-state index contributed by atoms with van der Waals surface area (Å²) in [5.41, 5.74) is -6.76. The summed E-state index contributed by atoms with van der Waals surface area (Å²) in [6.07, 6.45) is -10.2. The molecule has 2 rings (SSSR count). The van der Waals surface area contributed by atoms with Crippen LogP contribution in [0.2, 0.25) is 0 Å². The molecule has 0 spiro atoms. The molecule has 23 heavy (non-hydrogen) atoms. The van der Waals surface area contributed by atoms with Gasteiger partial charge in [0.15, 0.2) is 0 Å². The number of alkyl halides is 6. The molecule has 10 heteroatoms. The van der Waals surface area contributed by atoms with E-state index in [9.17, 15) is 41.0 Å². The number of hydrogen-bond donors (Lipinski definition) is 1. The summed E-state index contributed by atoms with van der Waals surface area (Å²) >= 11 is 0. The molecule has 1 N–H and O–H groups in total. The third-order valence-electron chi connectivity index (χ3n) is 3.17. The first-order chi connectivity index (χ1) is 10.4. The molecule has 1 aliphatic rings. The maximum Gasteiger partial charge on any atom is 0.430 e. The topological polar surface area (TPSA) is 57.6 Å². The Balaban J connectivity index is 2.46. The van der Waals surface area contributed by atoms with Crippen LogP contribution in [-0.4, -0.2) is 29.3 Å². The SMILES string of the molecule is O=C1C=CC(=O)N1c1ccc(C(O)(C(F)(F)F)C(F)(F)F)cc1. The number of hydrogen-bond acceptors (Lipinski definition) is 3. The highest BCUT2D eigenvalue weighted by molar-refractivity contribution is 6.28. The quantitative estimate of drug-likeness (QED) is 0.665. The fraction of sp³-hybridized carbons (Fsp3) is 0.231. The van der Waals surface area contributed by atoms with E-state index in [1.54, 1.807) is 0 Å². The van der Waals surface area contributed by atoms with Crippen LogP contribution in [0.3, 0.4) is 0 Å². The van der Waals surface area contributed by atoms with Crippen molar-refractivity contribution in [2.24, 2.45) is 0 Å². The van der Waals surface area contributed by atoms with Gasteiger partial charge in [-0.15, -0.1) is 0 Å². The number of halogens is 6. The van der Waals surface area contributed by atoms with Gasteiger partial charge in [0, 0.05) is 17.7 Å². The van der Waals surface area contributed by atoms with E-state index in [1.807, 2.05) is 0 Å². The molecule has 124 valence electrons. The lowest BCUT2D eigenvalue weighted by Gasteiger charge is -2.32. The Labute approximate surface area is 124 Å². The van der Waals surface area contributed by atoms with Crippen molar-refractivity contribution in [1.29, 1.82) is 0 Å². The zero-order chi connectivity index (χ0) is 17.6. The van der Waals surface area contributed by atoms with Crippen LogP contribution >= 0.6 is 0 Å². The van der Waals surface area contributed by atoms with Gasteiger partial charge in [-0.05, 0) is 12.1 Å². The maximum atomic E-state index is 12.7. The number of aliphatic hydroxyl groups is 1. The van der Waals surface area contributed by atoms with Crippen LogP contribution in [0.4, 0.5) is 32.0 Å². The van der Waals surface area contributed by atoms with Crippen LogP contribution in [-0.2, 0) is 15.2 Å². The van der Waals surface area contributed by atoms with Gasteiger partial charge in [0.25, 0.3) is 17.4 Å². The summed E-state index contributed by atoms with van der Waals surface area (Å²) in [5, 5.41) is 9.21. The van der Waals surface area contributed by atoms with E-state index >= 15 is 0 Å². The van der Waals surface area contributed by atoms with Crippen LogP contribution in [0.15, 0.2) is 36.4 Å². The van der Waals surface area contributed by atoms with Gasteiger partial charge in [-0.2, -0.15) is 26.3 Å². The molecule has 0 saturated heterocycles. The Morgan fingerprint density at radius 2 is 1.17 bits per heavy atom. The van der Waals surface area contributed by atoms with Gasteiger partial charge in [0.05, 0.1) is 5.69 Å². The second-order valence-electron chi connectivity index (χ2n) is 4.60. The predicted octanol–water partition coefficient (Wildman–Crippen LogP) is 2.43. The smallest absolute Gasteiger partial charge is 0.369 e. The van der Waals surface area contributed by atoms with Crippen LogP contribution in [0.5, 0.6) is 0 Å². The minimum atomic E-state index is -6.01. The van der Waals surface area contributed by atoms with E-state index in [-0.39, 0.29) is 5.69 Å². The van der Waals surface area contributed by atoms with Crippen LogP contribution in [0, 0.1) is 0 Å². The van der Waals surface area contributed by atoms with Crippen LogP contribution in [0.25, 0.3) is 0 Å². The monoisotopic (exact) mass is 339 g/mol. The minimum Gasteiger partial charge on any atom is -0.369 e.